The number of nitrogens with two attached hydrogens (primary N) is 1. The molecule has 1 heterocycles. The average Bonchev–Trinajstić information content (AvgIpc) is 2.52. The summed E-state index contributed by atoms with van der Waals surface area (Å²) in [4.78, 5) is 30.6. The van der Waals surface area contributed by atoms with Crippen LogP contribution in [0.3, 0.4) is 0 Å². The van der Waals surface area contributed by atoms with E-state index in [1.165, 1.54) is 0 Å². The highest BCUT2D eigenvalue weighted by molar-refractivity contribution is 5.92. The number of hydroxylamine groups is 1. The van der Waals surface area contributed by atoms with Gasteiger partial charge in [0.05, 0.1) is 5.69 Å². The van der Waals surface area contributed by atoms with Gasteiger partial charge in [-0.25, -0.2) is 4.79 Å². The summed E-state index contributed by atoms with van der Waals surface area (Å²) < 4.78 is 0. The predicted molar refractivity (Wildman–Crippen MR) is 89.1 cm³/mol. The first-order valence-electron chi connectivity index (χ1n) is 7.45. The summed E-state index contributed by atoms with van der Waals surface area (Å²) in [6.45, 7) is 6.23. The van der Waals surface area contributed by atoms with Crippen LogP contribution >= 0.6 is 0 Å². The lowest BCUT2D eigenvalue weighted by atomic mass is 10.1. The number of hydrogen-bond acceptors (Lipinski definition) is 5. The van der Waals surface area contributed by atoms with E-state index in [4.69, 9.17) is 16.2 Å². The summed E-state index contributed by atoms with van der Waals surface area (Å²) in [5.41, 5.74) is 7.60. The zero-order chi connectivity index (χ0) is 17.9. The Labute approximate surface area is 139 Å². The fourth-order valence-electron chi connectivity index (χ4n) is 2.70. The van der Waals surface area contributed by atoms with Crippen LogP contribution in [0, 0.1) is 12.3 Å². The van der Waals surface area contributed by atoms with Gasteiger partial charge in [-0.05, 0) is 30.7 Å². The first-order chi connectivity index (χ1) is 11.3. The molecule has 130 valence electrons. The number of rotatable bonds is 2. The van der Waals surface area contributed by atoms with Crippen molar-refractivity contribution in [2.75, 3.05) is 36.1 Å². The smallest absolute Gasteiger partial charge is 0.448 e. The van der Waals surface area contributed by atoms with Crippen molar-refractivity contribution in [3.8, 4) is 0 Å². The van der Waals surface area contributed by atoms with E-state index in [9.17, 15) is 9.59 Å². The molecule has 9 heteroatoms. The Morgan fingerprint density at radius 1 is 1.29 bits per heavy atom. The van der Waals surface area contributed by atoms with Gasteiger partial charge in [0.25, 0.3) is 0 Å². The monoisotopic (exact) mass is 335 g/mol. The van der Waals surface area contributed by atoms with Gasteiger partial charge in [0, 0.05) is 38.8 Å². The predicted octanol–water partition coefficient (Wildman–Crippen LogP) is 0.973. The molecule has 1 saturated heterocycles. The van der Waals surface area contributed by atoms with Crippen LogP contribution in [0.1, 0.15) is 12.5 Å². The van der Waals surface area contributed by atoms with Crippen LogP contribution in [0.5, 0.6) is 0 Å². The number of anilines is 2. The molecule has 1 aliphatic rings. The zero-order valence-electron chi connectivity index (χ0n) is 13.7. The molecule has 0 atom stereocenters. The van der Waals surface area contributed by atoms with Gasteiger partial charge < -0.3 is 20.6 Å². The highest BCUT2D eigenvalue weighted by atomic mass is 16.8. The minimum absolute atomic E-state index is 0.0737. The molecule has 1 aliphatic heterocycles. The first kappa shape index (κ1) is 17.4. The third kappa shape index (κ3) is 3.86. The second-order valence-corrected chi connectivity index (χ2v) is 5.50. The summed E-state index contributed by atoms with van der Waals surface area (Å²) in [6.07, 6.45) is -1.55. The van der Waals surface area contributed by atoms with Crippen LogP contribution in [0.25, 0.3) is 0 Å². The number of aryl methyl sites for hydroxylation is 1. The standard InChI is InChI=1S/C15H21N5O4/c1-10-9-12(20(14(16)17)24-15(22)23)3-4-13(10)19-7-5-18(6-8-19)11(2)21/h3-4,9H,5-8H2,1-2H3,(H3,16,17)(H,22,23). The zero-order valence-corrected chi connectivity index (χ0v) is 13.7. The fraction of sp³-hybridized carbons (Fsp3) is 0.400. The Hall–Kier alpha value is -2.97. The van der Waals surface area contributed by atoms with Crippen LogP contribution in [0.15, 0.2) is 18.2 Å². The normalized spacial score (nSPS) is 14.2. The number of benzene rings is 1. The molecule has 4 N–H and O–H groups in total. The van der Waals surface area contributed by atoms with Gasteiger partial charge in [-0.2, -0.15) is 0 Å². The van der Waals surface area contributed by atoms with Gasteiger partial charge >= 0.3 is 6.16 Å². The molecule has 0 radical (unpaired) electrons. The molecule has 0 unspecified atom stereocenters. The molecule has 0 aromatic heterocycles. The molecule has 1 aromatic rings. The SMILES string of the molecule is CC(=O)N1CCN(c2ccc(N(OC(=O)O)C(=N)N)cc2C)CC1. The van der Waals surface area contributed by atoms with Crippen LogP contribution < -0.4 is 15.7 Å². The van der Waals surface area contributed by atoms with Crippen molar-refractivity contribution in [3.05, 3.63) is 23.8 Å². The summed E-state index contributed by atoms with van der Waals surface area (Å²) in [5, 5.41) is 16.9. The summed E-state index contributed by atoms with van der Waals surface area (Å²) in [5.74, 6) is -0.454. The highest BCUT2D eigenvalue weighted by Crippen LogP contribution is 2.27. The Morgan fingerprint density at radius 3 is 2.38 bits per heavy atom. The number of nitrogens with one attached hydrogen (secondary N) is 1. The van der Waals surface area contributed by atoms with E-state index in [0.29, 0.717) is 18.8 Å². The van der Waals surface area contributed by atoms with Crippen molar-refractivity contribution < 1.29 is 19.5 Å². The molecule has 9 nitrogen and oxygen atoms in total. The van der Waals surface area contributed by atoms with E-state index in [2.05, 4.69) is 9.74 Å². The van der Waals surface area contributed by atoms with Crippen LogP contribution in [0.4, 0.5) is 16.2 Å². The molecule has 0 saturated carbocycles. The van der Waals surface area contributed by atoms with Crippen molar-refractivity contribution in [2.45, 2.75) is 13.8 Å². The lowest BCUT2D eigenvalue weighted by molar-refractivity contribution is -0.129. The molecule has 0 bridgehead atoms. The molecule has 1 amide bonds. The minimum Gasteiger partial charge on any atom is -0.448 e. The molecule has 24 heavy (non-hydrogen) atoms. The van der Waals surface area contributed by atoms with E-state index >= 15 is 0 Å². The second kappa shape index (κ2) is 7.07. The number of carbonyl (C=O) groups is 2. The van der Waals surface area contributed by atoms with E-state index in [-0.39, 0.29) is 5.91 Å². The summed E-state index contributed by atoms with van der Waals surface area (Å²) in [7, 11) is 0. The number of hydrogen-bond donors (Lipinski definition) is 3. The maximum Gasteiger partial charge on any atom is 0.531 e. The molecule has 0 spiro atoms. The Morgan fingerprint density at radius 2 is 1.92 bits per heavy atom. The highest BCUT2D eigenvalue weighted by Gasteiger charge is 2.21. The van der Waals surface area contributed by atoms with Crippen LogP contribution in [0.2, 0.25) is 0 Å². The summed E-state index contributed by atoms with van der Waals surface area (Å²) in [6, 6.07) is 5.18. The molecule has 1 aromatic carbocycles. The number of amides is 1. The Kier molecular flexibility index (Phi) is 5.12. The topological polar surface area (TPSA) is 123 Å². The first-order valence-corrected chi connectivity index (χ1v) is 7.45. The maximum absolute atomic E-state index is 11.4. The molecule has 0 aliphatic carbocycles. The third-order valence-electron chi connectivity index (χ3n) is 3.87. The number of carbonyl (C=O) groups excluding carboxylic acids is 1. The third-order valence-corrected chi connectivity index (χ3v) is 3.87. The lowest BCUT2D eigenvalue weighted by Crippen LogP contribution is -2.48. The van der Waals surface area contributed by atoms with E-state index in [0.717, 1.165) is 29.4 Å². The minimum atomic E-state index is -1.55. The van der Waals surface area contributed by atoms with Crippen LogP contribution in [-0.2, 0) is 9.63 Å². The van der Waals surface area contributed by atoms with Gasteiger partial charge in [-0.15, -0.1) is 5.06 Å². The lowest BCUT2D eigenvalue weighted by Gasteiger charge is -2.36. The fourth-order valence-corrected chi connectivity index (χ4v) is 2.70. The van der Waals surface area contributed by atoms with Gasteiger partial charge in [-0.3, -0.25) is 15.0 Å². The quantitative estimate of drug-likeness (QED) is 0.418. The van der Waals surface area contributed by atoms with Gasteiger partial charge in [-0.1, -0.05) is 0 Å². The molecular weight excluding hydrogens is 314 g/mol. The van der Waals surface area contributed by atoms with E-state index < -0.39 is 12.1 Å². The van der Waals surface area contributed by atoms with E-state index in [1.54, 1.807) is 24.0 Å². The number of guanidine groups is 1. The Balaban J connectivity index is 2.16. The van der Waals surface area contributed by atoms with E-state index in [1.807, 2.05) is 13.0 Å². The van der Waals surface area contributed by atoms with Gasteiger partial charge in [0.15, 0.2) is 0 Å². The van der Waals surface area contributed by atoms with Crippen molar-refractivity contribution in [1.29, 1.82) is 5.41 Å². The van der Waals surface area contributed by atoms with Crippen molar-refractivity contribution in [3.63, 3.8) is 0 Å². The van der Waals surface area contributed by atoms with Gasteiger partial charge in [0.1, 0.15) is 0 Å². The van der Waals surface area contributed by atoms with Gasteiger partial charge in [0.2, 0.25) is 11.9 Å². The second-order valence-electron chi connectivity index (χ2n) is 5.50. The maximum atomic E-state index is 11.4. The molecular formula is C15H21N5O4. The number of carboxylic acid groups (broad SMARTS) is 1. The largest absolute Gasteiger partial charge is 0.531 e. The van der Waals surface area contributed by atoms with Crippen LogP contribution in [-0.4, -0.2) is 54.2 Å². The Bertz CT molecular complexity index is 655. The molecule has 1 fully saturated rings. The number of nitrogens with zero attached hydrogens (tertiary/aromatic N) is 3. The van der Waals surface area contributed by atoms with Crippen molar-refractivity contribution >= 4 is 29.4 Å². The average molecular weight is 335 g/mol. The van der Waals surface area contributed by atoms with Crippen molar-refractivity contribution in [1.82, 2.24) is 4.90 Å². The number of piperazine rings is 1. The molecule has 2 rings (SSSR count). The summed E-state index contributed by atoms with van der Waals surface area (Å²) >= 11 is 0. The van der Waals surface area contributed by atoms with Crippen molar-refractivity contribution in [2.24, 2.45) is 5.73 Å².